The third-order valence-electron chi connectivity index (χ3n) is 3.49. The van der Waals surface area contributed by atoms with E-state index >= 15 is 0 Å². The number of rotatable bonds is 5. The van der Waals surface area contributed by atoms with E-state index in [0.717, 1.165) is 15.6 Å². The molecule has 24 heavy (non-hydrogen) atoms. The molecule has 0 fully saturated rings. The maximum Gasteiger partial charge on any atom is 0.251 e. The van der Waals surface area contributed by atoms with E-state index in [1.807, 2.05) is 19.1 Å². The van der Waals surface area contributed by atoms with E-state index < -0.39 is 10.0 Å². The molecule has 1 aromatic carbocycles. The average molecular weight is 412 g/mol. The Kier molecular flexibility index (Phi) is 5.74. The van der Waals surface area contributed by atoms with Crippen LogP contribution in [0.3, 0.4) is 0 Å². The van der Waals surface area contributed by atoms with E-state index in [9.17, 15) is 13.2 Å². The maximum atomic E-state index is 12.3. The highest BCUT2D eigenvalue weighted by molar-refractivity contribution is 9.10. The summed E-state index contributed by atoms with van der Waals surface area (Å²) in [5.74, 6) is -0.359. The zero-order valence-electron chi connectivity index (χ0n) is 13.6. The van der Waals surface area contributed by atoms with Gasteiger partial charge < -0.3 is 5.32 Å². The monoisotopic (exact) mass is 411 g/mol. The fraction of sp³-hybridized carbons (Fsp3) is 0.250. The third-order valence-corrected chi connectivity index (χ3v) is 6.30. The van der Waals surface area contributed by atoms with Crippen LogP contribution in [0.15, 0.2) is 45.9 Å². The Morgan fingerprint density at radius 3 is 2.62 bits per heavy atom. The molecule has 0 saturated heterocycles. The van der Waals surface area contributed by atoms with Crippen LogP contribution in [0.25, 0.3) is 0 Å². The second-order valence-electron chi connectivity index (χ2n) is 5.38. The molecule has 8 heteroatoms. The molecule has 0 unspecified atom stereocenters. The van der Waals surface area contributed by atoms with Crippen molar-refractivity contribution in [3.8, 4) is 0 Å². The van der Waals surface area contributed by atoms with Crippen LogP contribution in [0.5, 0.6) is 0 Å². The number of nitrogens with zero attached hydrogens (tertiary/aromatic N) is 2. The highest BCUT2D eigenvalue weighted by Crippen LogP contribution is 2.25. The second kappa shape index (κ2) is 7.42. The standard InChI is InChI=1S/C16H18BrN3O3S/c1-11-5-4-8-18-14(11)10-19-16(21)12-6-7-13(17)15(9-12)24(22,23)20(2)3/h4-9H,10H2,1-3H3,(H,19,21). The van der Waals surface area contributed by atoms with Gasteiger partial charge in [0.15, 0.2) is 0 Å². The largest absolute Gasteiger partial charge is 0.346 e. The summed E-state index contributed by atoms with van der Waals surface area (Å²) in [6.45, 7) is 2.19. The normalized spacial score (nSPS) is 11.5. The summed E-state index contributed by atoms with van der Waals surface area (Å²) in [4.78, 5) is 16.6. The van der Waals surface area contributed by atoms with Crippen LogP contribution in [0.2, 0.25) is 0 Å². The van der Waals surface area contributed by atoms with Gasteiger partial charge >= 0.3 is 0 Å². The lowest BCUT2D eigenvalue weighted by Crippen LogP contribution is -2.25. The first kappa shape index (κ1) is 18.6. The minimum absolute atomic E-state index is 0.0502. The van der Waals surface area contributed by atoms with Gasteiger partial charge in [-0.1, -0.05) is 6.07 Å². The number of hydrogen-bond acceptors (Lipinski definition) is 4. The van der Waals surface area contributed by atoms with Crippen LogP contribution in [0.4, 0.5) is 0 Å². The summed E-state index contributed by atoms with van der Waals surface area (Å²) >= 11 is 3.22. The minimum atomic E-state index is -3.64. The van der Waals surface area contributed by atoms with E-state index in [2.05, 4.69) is 26.2 Å². The molecule has 0 saturated carbocycles. The van der Waals surface area contributed by atoms with Crippen molar-refractivity contribution >= 4 is 31.9 Å². The summed E-state index contributed by atoms with van der Waals surface area (Å²) in [6.07, 6.45) is 1.66. The van der Waals surface area contributed by atoms with Crippen molar-refractivity contribution < 1.29 is 13.2 Å². The molecule has 0 atom stereocenters. The third kappa shape index (κ3) is 4.00. The van der Waals surface area contributed by atoms with Crippen LogP contribution in [-0.2, 0) is 16.6 Å². The zero-order valence-corrected chi connectivity index (χ0v) is 16.0. The predicted octanol–water partition coefficient (Wildman–Crippen LogP) is 2.33. The molecule has 0 aliphatic rings. The number of aromatic nitrogens is 1. The highest BCUT2D eigenvalue weighted by Gasteiger charge is 2.22. The SMILES string of the molecule is Cc1cccnc1CNC(=O)c1ccc(Br)c(S(=O)(=O)N(C)C)c1. The number of nitrogens with one attached hydrogen (secondary N) is 1. The first-order valence-electron chi connectivity index (χ1n) is 7.14. The number of carbonyl (C=O) groups excluding carboxylic acids is 1. The Bertz CT molecular complexity index is 867. The van der Waals surface area contributed by atoms with Gasteiger partial charge in [0, 0.05) is 30.3 Å². The number of carbonyl (C=O) groups is 1. The molecule has 2 aromatic rings. The molecule has 128 valence electrons. The minimum Gasteiger partial charge on any atom is -0.346 e. The Hall–Kier alpha value is -1.77. The number of halogens is 1. The van der Waals surface area contributed by atoms with Crippen LogP contribution in [0.1, 0.15) is 21.6 Å². The van der Waals surface area contributed by atoms with Crippen LogP contribution in [-0.4, -0.2) is 37.7 Å². The van der Waals surface area contributed by atoms with Crippen molar-refractivity contribution in [2.75, 3.05) is 14.1 Å². The Balaban J connectivity index is 2.23. The highest BCUT2D eigenvalue weighted by atomic mass is 79.9. The van der Waals surface area contributed by atoms with Gasteiger partial charge in [-0.3, -0.25) is 9.78 Å². The van der Waals surface area contributed by atoms with E-state index in [1.54, 1.807) is 18.3 Å². The molecule has 1 N–H and O–H groups in total. The molecule has 2 rings (SSSR count). The van der Waals surface area contributed by atoms with Gasteiger partial charge in [-0.15, -0.1) is 0 Å². The Labute approximate surface area is 150 Å². The number of benzene rings is 1. The second-order valence-corrected chi connectivity index (χ2v) is 8.36. The van der Waals surface area contributed by atoms with Crippen molar-refractivity contribution in [3.63, 3.8) is 0 Å². The Morgan fingerprint density at radius 1 is 1.29 bits per heavy atom. The molecular weight excluding hydrogens is 394 g/mol. The molecular formula is C16H18BrN3O3S. The van der Waals surface area contributed by atoms with Gasteiger partial charge in [0.2, 0.25) is 10.0 Å². The number of amides is 1. The van der Waals surface area contributed by atoms with Gasteiger partial charge in [0.05, 0.1) is 17.1 Å². The predicted molar refractivity (Wildman–Crippen MR) is 95.2 cm³/mol. The lowest BCUT2D eigenvalue weighted by atomic mass is 10.2. The summed E-state index contributed by atoms with van der Waals surface area (Å²) in [6, 6.07) is 8.22. The van der Waals surface area contributed by atoms with Gasteiger partial charge in [-0.25, -0.2) is 12.7 Å². The smallest absolute Gasteiger partial charge is 0.251 e. The fourth-order valence-electron chi connectivity index (χ4n) is 2.01. The number of hydrogen-bond donors (Lipinski definition) is 1. The Morgan fingerprint density at radius 2 is 2.00 bits per heavy atom. The number of pyridine rings is 1. The van der Waals surface area contributed by atoms with Crippen LogP contribution < -0.4 is 5.32 Å². The number of sulfonamides is 1. The van der Waals surface area contributed by atoms with Crippen molar-refractivity contribution in [2.24, 2.45) is 0 Å². The lowest BCUT2D eigenvalue weighted by Gasteiger charge is -2.14. The van der Waals surface area contributed by atoms with Crippen LogP contribution in [0, 0.1) is 6.92 Å². The molecule has 6 nitrogen and oxygen atoms in total. The molecule has 1 amide bonds. The van der Waals surface area contributed by atoms with Crippen molar-refractivity contribution in [3.05, 3.63) is 57.8 Å². The van der Waals surface area contributed by atoms with E-state index in [1.165, 1.54) is 20.2 Å². The van der Waals surface area contributed by atoms with Gasteiger partial charge in [0.1, 0.15) is 0 Å². The summed E-state index contributed by atoms with van der Waals surface area (Å²) in [5.41, 5.74) is 2.01. The van der Waals surface area contributed by atoms with Crippen molar-refractivity contribution in [1.82, 2.24) is 14.6 Å². The van der Waals surface area contributed by atoms with Crippen molar-refractivity contribution in [2.45, 2.75) is 18.4 Å². The maximum absolute atomic E-state index is 12.3. The molecule has 1 aromatic heterocycles. The number of aryl methyl sites for hydroxylation is 1. The summed E-state index contributed by atoms with van der Waals surface area (Å²) in [7, 11) is -0.758. The van der Waals surface area contributed by atoms with E-state index in [0.29, 0.717) is 4.47 Å². The zero-order chi connectivity index (χ0) is 17.9. The molecule has 0 aliphatic heterocycles. The summed E-state index contributed by atoms with van der Waals surface area (Å²) < 4.78 is 26.1. The average Bonchev–Trinajstić information content (AvgIpc) is 2.54. The molecule has 0 bridgehead atoms. The van der Waals surface area contributed by atoms with Gasteiger partial charge in [-0.05, 0) is 52.7 Å². The molecule has 1 heterocycles. The quantitative estimate of drug-likeness (QED) is 0.818. The lowest BCUT2D eigenvalue weighted by molar-refractivity contribution is 0.0950. The van der Waals surface area contributed by atoms with E-state index in [-0.39, 0.29) is 22.9 Å². The fourth-order valence-corrected chi connectivity index (χ4v) is 3.85. The van der Waals surface area contributed by atoms with E-state index in [4.69, 9.17) is 0 Å². The topological polar surface area (TPSA) is 79.4 Å². The first-order valence-corrected chi connectivity index (χ1v) is 9.37. The summed E-state index contributed by atoms with van der Waals surface area (Å²) in [5, 5.41) is 2.76. The molecule has 0 radical (unpaired) electrons. The molecule has 0 aliphatic carbocycles. The molecule has 0 spiro atoms. The van der Waals surface area contributed by atoms with Gasteiger partial charge in [-0.2, -0.15) is 0 Å². The van der Waals surface area contributed by atoms with Crippen molar-refractivity contribution in [1.29, 1.82) is 0 Å². The van der Waals surface area contributed by atoms with Gasteiger partial charge in [0.25, 0.3) is 5.91 Å². The van der Waals surface area contributed by atoms with Crippen LogP contribution >= 0.6 is 15.9 Å². The first-order chi connectivity index (χ1) is 11.2.